The summed E-state index contributed by atoms with van der Waals surface area (Å²) in [4.78, 5) is 0.329. The first-order chi connectivity index (χ1) is 9.63. The van der Waals surface area contributed by atoms with Crippen molar-refractivity contribution < 1.29 is 8.42 Å². The molecule has 0 aromatic heterocycles. The molecule has 0 aliphatic carbocycles. The number of thioether (sulfide) groups is 2. The smallest absolute Gasteiger partial charge is 0.242 e. The quantitative estimate of drug-likeness (QED) is 0.837. The SMILES string of the molecule is CCNc1ccccc1S(=O)(=O)NCC1CSCCS1. The molecule has 1 heterocycles. The van der Waals surface area contributed by atoms with Crippen molar-refractivity contribution in [2.24, 2.45) is 0 Å². The van der Waals surface area contributed by atoms with E-state index < -0.39 is 10.0 Å². The normalized spacial score (nSPS) is 19.8. The molecule has 20 heavy (non-hydrogen) atoms. The standard InChI is InChI=1S/C13H20N2O2S3/c1-2-14-12-5-3-4-6-13(12)20(16,17)15-9-11-10-18-7-8-19-11/h3-6,11,14-15H,2,7-10H2,1H3. The van der Waals surface area contributed by atoms with Crippen LogP contribution in [0.15, 0.2) is 29.2 Å². The van der Waals surface area contributed by atoms with Gasteiger partial charge in [-0.05, 0) is 19.1 Å². The summed E-state index contributed by atoms with van der Waals surface area (Å²) in [6.45, 7) is 3.15. The Morgan fingerprint density at radius 2 is 2.10 bits per heavy atom. The summed E-state index contributed by atoms with van der Waals surface area (Å²) in [6, 6.07) is 7.03. The third-order valence-corrected chi connectivity index (χ3v) is 7.26. The molecule has 0 amide bonds. The van der Waals surface area contributed by atoms with E-state index in [0.717, 1.165) is 17.3 Å². The highest BCUT2D eigenvalue weighted by molar-refractivity contribution is 8.06. The van der Waals surface area contributed by atoms with Crippen LogP contribution in [0.1, 0.15) is 6.92 Å². The van der Waals surface area contributed by atoms with Crippen LogP contribution in [0, 0.1) is 0 Å². The van der Waals surface area contributed by atoms with Crippen molar-refractivity contribution in [1.82, 2.24) is 4.72 Å². The zero-order valence-electron chi connectivity index (χ0n) is 11.5. The Hall–Kier alpha value is -0.370. The summed E-state index contributed by atoms with van der Waals surface area (Å²) in [5, 5.41) is 3.46. The van der Waals surface area contributed by atoms with Crippen molar-refractivity contribution in [3.05, 3.63) is 24.3 Å². The van der Waals surface area contributed by atoms with Gasteiger partial charge >= 0.3 is 0 Å². The van der Waals surface area contributed by atoms with Gasteiger partial charge in [-0.15, -0.1) is 0 Å². The van der Waals surface area contributed by atoms with Crippen molar-refractivity contribution in [2.75, 3.05) is 35.7 Å². The van der Waals surface area contributed by atoms with Crippen LogP contribution in [0.25, 0.3) is 0 Å². The predicted molar refractivity (Wildman–Crippen MR) is 89.4 cm³/mol. The Kier molecular flexibility index (Phi) is 6.07. The first-order valence-corrected chi connectivity index (χ1v) is 10.3. The zero-order valence-corrected chi connectivity index (χ0v) is 13.9. The Labute approximate surface area is 129 Å². The summed E-state index contributed by atoms with van der Waals surface area (Å²) >= 11 is 3.74. The second-order valence-electron chi connectivity index (χ2n) is 4.45. The molecule has 1 saturated heterocycles. The van der Waals surface area contributed by atoms with Gasteiger partial charge in [-0.2, -0.15) is 23.5 Å². The van der Waals surface area contributed by atoms with Crippen molar-refractivity contribution in [3.63, 3.8) is 0 Å². The molecule has 1 atom stereocenters. The summed E-state index contributed by atoms with van der Waals surface area (Å²) in [5.41, 5.74) is 0.660. The predicted octanol–water partition coefficient (Wildman–Crippen LogP) is 2.25. The number of benzene rings is 1. The van der Waals surface area contributed by atoms with E-state index in [1.54, 1.807) is 18.2 Å². The van der Waals surface area contributed by atoms with Crippen LogP contribution in [-0.4, -0.2) is 44.0 Å². The molecule has 112 valence electrons. The zero-order chi connectivity index (χ0) is 14.4. The lowest BCUT2D eigenvalue weighted by atomic mass is 10.3. The van der Waals surface area contributed by atoms with Crippen LogP contribution in [0.3, 0.4) is 0 Å². The number of hydrogen-bond donors (Lipinski definition) is 2. The summed E-state index contributed by atoms with van der Waals surface area (Å²) in [7, 11) is -3.45. The lowest BCUT2D eigenvalue weighted by Crippen LogP contribution is -2.33. The van der Waals surface area contributed by atoms with E-state index in [-0.39, 0.29) is 0 Å². The number of rotatable bonds is 6. The molecule has 7 heteroatoms. The largest absolute Gasteiger partial charge is 0.384 e. The molecule has 0 spiro atoms. The van der Waals surface area contributed by atoms with E-state index in [4.69, 9.17) is 0 Å². The first kappa shape index (κ1) is 16.0. The van der Waals surface area contributed by atoms with Crippen molar-refractivity contribution in [3.8, 4) is 0 Å². The third kappa shape index (κ3) is 4.31. The minimum Gasteiger partial charge on any atom is -0.384 e. The summed E-state index contributed by atoms with van der Waals surface area (Å²) in [6.07, 6.45) is 0. The van der Waals surface area contributed by atoms with Crippen LogP contribution >= 0.6 is 23.5 Å². The Bertz CT molecular complexity index is 528. The molecule has 1 unspecified atom stereocenters. The van der Waals surface area contributed by atoms with Crippen LogP contribution < -0.4 is 10.0 Å². The van der Waals surface area contributed by atoms with Gasteiger partial charge in [-0.3, -0.25) is 0 Å². The fourth-order valence-electron chi connectivity index (χ4n) is 1.97. The molecule has 1 aromatic rings. The Balaban J connectivity index is 2.05. The topological polar surface area (TPSA) is 58.2 Å². The van der Waals surface area contributed by atoms with Crippen LogP contribution in [-0.2, 0) is 10.0 Å². The van der Waals surface area contributed by atoms with Crippen molar-refractivity contribution in [2.45, 2.75) is 17.1 Å². The molecule has 1 aliphatic rings. The second kappa shape index (κ2) is 7.59. The molecule has 1 aliphatic heterocycles. The van der Waals surface area contributed by atoms with Gasteiger partial charge in [0.15, 0.2) is 0 Å². The Morgan fingerprint density at radius 3 is 2.80 bits per heavy atom. The molecular weight excluding hydrogens is 312 g/mol. The van der Waals surface area contributed by atoms with E-state index in [1.165, 1.54) is 0 Å². The average molecular weight is 333 g/mol. The number of hydrogen-bond acceptors (Lipinski definition) is 5. The van der Waals surface area contributed by atoms with E-state index in [0.29, 0.717) is 28.9 Å². The molecule has 0 saturated carbocycles. The Morgan fingerprint density at radius 1 is 1.30 bits per heavy atom. The van der Waals surface area contributed by atoms with Gasteiger partial charge in [0.05, 0.1) is 5.69 Å². The number of anilines is 1. The monoisotopic (exact) mass is 332 g/mol. The van der Waals surface area contributed by atoms with Gasteiger partial charge in [-0.1, -0.05) is 12.1 Å². The van der Waals surface area contributed by atoms with E-state index >= 15 is 0 Å². The third-order valence-electron chi connectivity index (χ3n) is 2.93. The van der Waals surface area contributed by atoms with Crippen LogP contribution in [0.4, 0.5) is 5.69 Å². The molecule has 2 N–H and O–H groups in total. The van der Waals surface area contributed by atoms with Crippen LogP contribution in [0.2, 0.25) is 0 Å². The maximum absolute atomic E-state index is 12.4. The lowest BCUT2D eigenvalue weighted by Gasteiger charge is -2.21. The van der Waals surface area contributed by atoms with E-state index in [1.807, 2.05) is 36.5 Å². The van der Waals surface area contributed by atoms with E-state index in [9.17, 15) is 8.42 Å². The van der Waals surface area contributed by atoms with Gasteiger partial charge < -0.3 is 5.32 Å². The van der Waals surface area contributed by atoms with Gasteiger partial charge in [0, 0.05) is 35.6 Å². The summed E-state index contributed by atoms with van der Waals surface area (Å²) < 4.78 is 27.5. The molecule has 4 nitrogen and oxygen atoms in total. The molecule has 0 bridgehead atoms. The number of nitrogens with one attached hydrogen (secondary N) is 2. The van der Waals surface area contributed by atoms with Gasteiger partial charge in [-0.25, -0.2) is 13.1 Å². The second-order valence-corrected chi connectivity index (χ2v) is 8.74. The average Bonchev–Trinajstić information content (AvgIpc) is 2.47. The molecule has 1 fully saturated rings. The highest BCUT2D eigenvalue weighted by Crippen LogP contribution is 2.25. The molecule has 0 radical (unpaired) electrons. The first-order valence-electron chi connectivity index (χ1n) is 6.65. The van der Waals surface area contributed by atoms with Crippen molar-refractivity contribution >= 4 is 39.2 Å². The highest BCUT2D eigenvalue weighted by Gasteiger charge is 2.21. The van der Waals surface area contributed by atoms with Gasteiger partial charge in [0.1, 0.15) is 4.90 Å². The molecule has 1 aromatic carbocycles. The van der Waals surface area contributed by atoms with Crippen molar-refractivity contribution in [1.29, 1.82) is 0 Å². The van der Waals surface area contributed by atoms with Gasteiger partial charge in [0.2, 0.25) is 10.0 Å². The molecule has 2 rings (SSSR count). The fourth-order valence-corrected chi connectivity index (χ4v) is 5.95. The van der Waals surface area contributed by atoms with Gasteiger partial charge in [0.25, 0.3) is 0 Å². The fraction of sp³-hybridized carbons (Fsp3) is 0.538. The minimum atomic E-state index is -3.45. The lowest BCUT2D eigenvalue weighted by molar-refractivity contribution is 0.582. The minimum absolute atomic E-state index is 0.329. The van der Waals surface area contributed by atoms with Crippen LogP contribution in [0.5, 0.6) is 0 Å². The molecular formula is C13H20N2O2S3. The number of para-hydroxylation sites is 1. The number of sulfonamides is 1. The summed E-state index contributed by atoms with van der Waals surface area (Å²) in [5.74, 6) is 3.28. The maximum atomic E-state index is 12.4. The maximum Gasteiger partial charge on any atom is 0.242 e. The van der Waals surface area contributed by atoms with E-state index in [2.05, 4.69) is 10.0 Å². The highest BCUT2D eigenvalue weighted by atomic mass is 32.2.